The molecule has 0 aromatic heterocycles. The van der Waals surface area contributed by atoms with Crippen LogP contribution in [0.3, 0.4) is 0 Å². The van der Waals surface area contributed by atoms with E-state index >= 15 is 0 Å². The number of carbonyl (C=O) groups excluding carboxylic acids is 1. The molecule has 3 N–H and O–H groups in total. The fourth-order valence-electron chi connectivity index (χ4n) is 1.73. The molecule has 0 saturated carbocycles. The predicted octanol–water partition coefficient (Wildman–Crippen LogP) is 0.527. The van der Waals surface area contributed by atoms with Gasteiger partial charge in [-0.1, -0.05) is 13.8 Å². The molecule has 0 aromatic carbocycles. The first-order chi connectivity index (χ1) is 8.64. The molecule has 0 bridgehead atoms. The van der Waals surface area contributed by atoms with Crippen molar-refractivity contribution in [3.05, 3.63) is 0 Å². The summed E-state index contributed by atoms with van der Waals surface area (Å²) in [5, 5.41) is 15.3. The van der Waals surface area contributed by atoms with Crippen molar-refractivity contribution in [2.24, 2.45) is 5.41 Å². The second-order valence-electron chi connectivity index (χ2n) is 4.67. The third-order valence-electron chi connectivity index (χ3n) is 3.47. The van der Waals surface area contributed by atoms with Crippen LogP contribution in [0.4, 0.5) is 0 Å². The fourth-order valence-corrected chi connectivity index (χ4v) is 1.73. The van der Waals surface area contributed by atoms with Crippen molar-refractivity contribution in [2.45, 2.75) is 33.1 Å². The molecule has 0 heterocycles. The first kappa shape index (κ1) is 17.4. The van der Waals surface area contributed by atoms with Crippen molar-refractivity contribution < 1.29 is 14.6 Å². The van der Waals surface area contributed by atoms with Crippen molar-refractivity contribution in [1.29, 1.82) is 0 Å². The van der Waals surface area contributed by atoms with Gasteiger partial charge in [0.2, 0.25) is 5.91 Å². The van der Waals surface area contributed by atoms with Gasteiger partial charge < -0.3 is 20.5 Å². The Morgan fingerprint density at radius 1 is 1.33 bits per heavy atom. The lowest BCUT2D eigenvalue weighted by Crippen LogP contribution is -2.41. The monoisotopic (exact) mass is 260 g/mol. The van der Waals surface area contributed by atoms with Gasteiger partial charge in [-0.05, 0) is 19.3 Å². The largest absolute Gasteiger partial charge is 0.396 e. The van der Waals surface area contributed by atoms with Crippen LogP contribution in [0.15, 0.2) is 0 Å². The number of amides is 1. The molecule has 0 spiro atoms. The maximum atomic E-state index is 11.5. The van der Waals surface area contributed by atoms with Crippen LogP contribution in [0.2, 0.25) is 0 Å². The Hall–Kier alpha value is -0.650. The van der Waals surface area contributed by atoms with E-state index in [-0.39, 0.29) is 17.9 Å². The molecule has 0 atom stereocenters. The molecule has 0 unspecified atom stereocenters. The number of hydrogen-bond donors (Lipinski definition) is 3. The number of hydrogen-bond acceptors (Lipinski definition) is 4. The summed E-state index contributed by atoms with van der Waals surface area (Å²) in [6.45, 7) is 6.55. The van der Waals surface area contributed by atoms with E-state index in [1.54, 1.807) is 7.11 Å². The minimum absolute atomic E-state index is 0.00912. The number of rotatable bonds is 11. The lowest BCUT2D eigenvalue weighted by Gasteiger charge is -2.29. The Balaban J connectivity index is 3.72. The lowest BCUT2D eigenvalue weighted by atomic mass is 9.83. The zero-order valence-corrected chi connectivity index (χ0v) is 11.9. The lowest BCUT2D eigenvalue weighted by molar-refractivity contribution is -0.120. The number of aliphatic hydroxyl groups excluding tert-OH is 1. The highest BCUT2D eigenvalue weighted by molar-refractivity contribution is 5.77. The molecule has 108 valence electrons. The first-order valence-electron chi connectivity index (χ1n) is 6.71. The molecule has 0 aliphatic carbocycles. The molecule has 0 aliphatic heterocycles. The average molecular weight is 260 g/mol. The third kappa shape index (κ3) is 6.93. The fraction of sp³-hybridized carbons (Fsp3) is 0.923. The number of aliphatic hydroxyl groups is 1. The second-order valence-corrected chi connectivity index (χ2v) is 4.67. The van der Waals surface area contributed by atoms with E-state index in [1.807, 2.05) is 0 Å². The number of carbonyl (C=O) groups is 1. The molecule has 0 fully saturated rings. The summed E-state index contributed by atoms with van der Waals surface area (Å²) >= 11 is 0. The summed E-state index contributed by atoms with van der Waals surface area (Å²) in [4.78, 5) is 11.5. The van der Waals surface area contributed by atoms with Gasteiger partial charge in [-0.3, -0.25) is 4.79 Å². The normalized spacial score (nSPS) is 11.6. The summed E-state index contributed by atoms with van der Waals surface area (Å²) in [7, 11) is 1.65. The summed E-state index contributed by atoms with van der Waals surface area (Å²) in [5.41, 5.74) is -0.101. The van der Waals surface area contributed by atoms with Crippen LogP contribution in [0.1, 0.15) is 33.1 Å². The van der Waals surface area contributed by atoms with Crippen LogP contribution in [0, 0.1) is 5.41 Å². The van der Waals surface area contributed by atoms with Crippen LogP contribution in [-0.4, -0.2) is 51.0 Å². The quantitative estimate of drug-likeness (QED) is 0.474. The average Bonchev–Trinajstić information content (AvgIpc) is 2.40. The Kier molecular flexibility index (Phi) is 9.92. The smallest absolute Gasteiger partial charge is 0.233 e. The zero-order valence-electron chi connectivity index (χ0n) is 11.9. The molecule has 0 aliphatic rings. The van der Waals surface area contributed by atoms with E-state index in [4.69, 9.17) is 4.74 Å². The highest BCUT2D eigenvalue weighted by atomic mass is 16.5. The van der Waals surface area contributed by atoms with Crippen LogP contribution in [-0.2, 0) is 9.53 Å². The van der Waals surface area contributed by atoms with Gasteiger partial charge >= 0.3 is 0 Å². The van der Waals surface area contributed by atoms with E-state index in [0.717, 1.165) is 19.3 Å². The van der Waals surface area contributed by atoms with Crippen LogP contribution in [0.25, 0.3) is 0 Å². The molecule has 1 amide bonds. The standard InChI is InChI=1S/C13H28N2O3/c1-4-13(5-2,11-16)10-14-9-12(17)15-7-6-8-18-3/h14,16H,4-11H2,1-3H3,(H,15,17). The van der Waals surface area contributed by atoms with E-state index in [2.05, 4.69) is 24.5 Å². The number of nitrogens with one attached hydrogen (secondary N) is 2. The molecule has 0 saturated heterocycles. The van der Waals surface area contributed by atoms with Crippen molar-refractivity contribution >= 4 is 5.91 Å². The summed E-state index contributed by atoms with van der Waals surface area (Å²) < 4.78 is 4.90. The first-order valence-corrected chi connectivity index (χ1v) is 6.71. The maximum Gasteiger partial charge on any atom is 0.233 e. The van der Waals surface area contributed by atoms with Crippen LogP contribution < -0.4 is 10.6 Å². The SMILES string of the molecule is CCC(CC)(CO)CNCC(=O)NCCCOC. The molecule has 18 heavy (non-hydrogen) atoms. The summed E-state index contributed by atoms with van der Waals surface area (Å²) in [5.74, 6) is -0.00912. The number of ether oxygens (including phenoxy) is 1. The Morgan fingerprint density at radius 3 is 2.50 bits per heavy atom. The number of methoxy groups -OCH3 is 1. The predicted molar refractivity (Wildman–Crippen MR) is 72.5 cm³/mol. The summed E-state index contributed by atoms with van der Waals surface area (Å²) in [6, 6.07) is 0. The second kappa shape index (κ2) is 10.3. The van der Waals surface area contributed by atoms with Crippen molar-refractivity contribution in [3.8, 4) is 0 Å². The van der Waals surface area contributed by atoms with Gasteiger partial charge in [-0.15, -0.1) is 0 Å². The molecule has 0 rings (SSSR count). The van der Waals surface area contributed by atoms with Gasteiger partial charge in [-0.25, -0.2) is 0 Å². The van der Waals surface area contributed by atoms with Gasteiger partial charge in [0.25, 0.3) is 0 Å². The Bertz CT molecular complexity index is 210. The summed E-state index contributed by atoms with van der Waals surface area (Å²) in [6.07, 6.45) is 2.64. The van der Waals surface area contributed by atoms with Crippen molar-refractivity contribution in [2.75, 3.05) is 40.0 Å². The molecule has 0 radical (unpaired) electrons. The molecule has 0 aromatic rings. The zero-order chi connectivity index (χ0) is 13.9. The Labute approximate surface area is 110 Å². The topological polar surface area (TPSA) is 70.6 Å². The maximum absolute atomic E-state index is 11.5. The van der Waals surface area contributed by atoms with Crippen LogP contribution >= 0.6 is 0 Å². The van der Waals surface area contributed by atoms with E-state index in [9.17, 15) is 9.90 Å². The van der Waals surface area contributed by atoms with E-state index < -0.39 is 0 Å². The van der Waals surface area contributed by atoms with Gasteiger partial charge in [0.15, 0.2) is 0 Å². The molecule has 5 heteroatoms. The van der Waals surface area contributed by atoms with Gasteiger partial charge in [-0.2, -0.15) is 0 Å². The minimum Gasteiger partial charge on any atom is -0.396 e. The molecular formula is C13H28N2O3. The van der Waals surface area contributed by atoms with Gasteiger partial charge in [0.1, 0.15) is 0 Å². The van der Waals surface area contributed by atoms with E-state index in [0.29, 0.717) is 26.2 Å². The van der Waals surface area contributed by atoms with Gasteiger partial charge in [0, 0.05) is 38.8 Å². The van der Waals surface area contributed by atoms with E-state index in [1.165, 1.54) is 0 Å². The van der Waals surface area contributed by atoms with Crippen molar-refractivity contribution in [1.82, 2.24) is 10.6 Å². The molecular weight excluding hydrogens is 232 g/mol. The highest BCUT2D eigenvalue weighted by Crippen LogP contribution is 2.24. The van der Waals surface area contributed by atoms with Gasteiger partial charge in [0.05, 0.1) is 6.54 Å². The Morgan fingerprint density at radius 2 is 2.00 bits per heavy atom. The minimum atomic E-state index is -0.101. The van der Waals surface area contributed by atoms with Crippen molar-refractivity contribution in [3.63, 3.8) is 0 Å². The highest BCUT2D eigenvalue weighted by Gasteiger charge is 2.24. The van der Waals surface area contributed by atoms with Crippen LogP contribution in [0.5, 0.6) is 0 Å². The third-order valence-corrected chi connectivity index (χ3v) is 3.47. The molecule has 5 nitrogen and oxygen atoms in total.